The van der Waals surface area contributed by atoms with Crippen molar-refractivity contribution in [1.29, 1.82) is 0 Å². The normalized spacial score (nSPS) is 17.4. The number of benzene rings is 1. The van der Waals surface area contributed by atoms with Crippen LogP contribution in [0.15, 0.2) is 15.7 Å². The lowest BCUT2D eigenvalue weighted by molar-refractivity contribution is -0.385. The van der Waals surface area contributed by atoms with Crippen LogP contribution in [0.3, 0.4) is 0 Å². The third kappa shape index (κ3) is 2.48. The molecule has 10 nitrogen and oxygen atoms in total. The lowest BCUT2D eigenvalue weighted by Gasteiger charge is -2.12. The monoisotopic (exact) mass is 320 g/mol. The zero-order chi connectivity index (χ0) is 16.7. The van der Waals surface area contributed by atoms with Gasteiger partial charge in [0.15, 0.2) is 0 Å². The van der Waals surface area contributed by atoms with Crippen LogP contribution >= 0.6 is 0 Å². The van der Waals surface area contributed by atoms with E-state index in [0.717, 1.165) is 0 Å². The molecule has 0 aliphatic carbocycles. The van der Waals surface area contributed by atoms with E-state index in [9.17, 15) is 24.5 Å². The fourth-order valence-corrected chi connectivity index (χ4v) is 2.61. The topological polar surface area (TPSA) is 147 Å². The van der Waals surface area contributed by atoms with Gasteiger partial charge in [-0.2, -0.15) is 0 Å². The van der Waals surface area contributed by atoms with E-state index >= 15 is 0 Å². The molecule has 1 aromatic carbocycles. The van der Waals surface area contributed by atoms with Crippen molar-refractivity contribution in [2.24, 2.45) is 0 Å². The minimum atomic E-state index is -0.903. The van der Waals surface area contributed by atoms with E-state index in [4.69, 9.17) is 4.74 Å². The van der Waals surface area contributed by atoms with Gasteiger partial charge in [-0.05, 0) is 12.5 Å². The Morgan fingerprint density at radius 2 is 2.00 bits per heavy atom. The number of esters is 1. The van der Waals surface area contributed by atoms with Gasteiger partial charge in [-0.1, -0.05) is 0 Å². The average molecular weight is 320 g/mol. The lowest BCUT2D eigenvalue weighted by atomic mass is 9.97. The lowest BCUT2D eigenvalue weighted by Crippen LogP contribution is -2.32. The summed E-state index contributed by atoms with van der Waals surface area (Å²) in [7, 11) is 0. The summed E-state index contributed by atoms with van der Waals surface area (Å²) < 4.78 is 4.80. The van der Waals surface area contributed by atoms with Crippen LogP contribution in [0.25, 0.3) is 11.0 Å². The molecule has 1 aliphatic heterocycles. The highest BCUT2D eigenvalue weighted by molar-refractivity contribution is 5.84. The van der Waals surface area contributed by atoms with Crippen LogP contribution in [0.1, 0.15) is 11.1 Å². The van der Waals surface area contributed by atoms with Crippen LogP contribution in [0, 0.1) is 17.0 Å². The Bertz CT molecular complexity index is 944. The number of nitro groups is 1. The molecule has 1 saturated heterocycles. The smallest absolute Gasteiger partial charge is 0.324 e. The number of nitro benzene ring substituents is 1. The van der Waals surface area contributed by atoms with Crippen LogP contribution in [-0.4, -0.2) is 33.6 Å². The maximum absolute atomic E-state index is 11.6. The first-order valence-electron chi connectivity index (χ1n) is 6.71. The maximum Gasteiger partial charge on any atom is 0.324 e. The number of hydrogen-bond acceptors (Lipinski definition) is 7. The highest BCUT2D eigenvalue weighted by Crippen LogP contribution is 2.28. The van der Waals surface area contributed by atoms with E-state index in [2.05, 4.69) is 15.3 Å². The van der Waals surface area contributed by atoms with Gasteiger partial charge in [0.05, 0.1) is 16.0 Å². The van der Waals surface area contributed by atoms with Gasteiger partial charge >= 0.3 is 17.1 Å². The van der Waals surface area contributed by atoms with E-state index in [1.54, 1.807) is 0 Å². The van der Waals surface area contributed by atoms with Crippen LogP contribution < -0.4 is 16.4 Å². The second-order valence-electron chi connectivity index (χ2n) is 5.16. The number of fused-ring (bicyclic) bond motifs is 1. The predicted molar refractivity (Wildman–Crippen MR) is 78.2 cm³/mol. The molecule has 23 heavy (non-hydrogen) atoms. The van der Waals surface area contributed by atoms with Crippen molar-refractivity contribution in [1.82, 2.24) is 15.3 Å². The highest BCUT2D eigenvalue weighted by Gasteiger charge is 2.29. The molecule has 0 amide bonds. The van der Waals surface area contributed by atoms with E-state index in [0.29, 0.717) is 11.1 Å². The Labute approximate surface area is 127 Å². The zero-order valence-corrected chi connectivity index (χ0v) is 12.0. The van der Waals surface area contributed by atoms with Crippen molar-refractivity contribution < 1.29 is 14.5 Å². The molecule has 1 unspecified atom stereocenters. The predicted octanol–water partition coefficient (Wildman–Crippen LogP) is -0.552. The molecule has 0 bridgehead atoms. The highest BCUT2D eigenvalue weighted by atomic mass is 16.6. The number of nitrogens with zero attached hydrogens (tertiary/aromatic N) is 1. The van der Waals surface area contributed by atoms with Crippen LogP contribution in [0.2, 0.25) is 0 Å². The van der Waals surface area contributed by atoms with Gasteiger partial charge < -0.3 is 14.7 Å². The Hall–Kier alpha value is -3.01. The summed E-state index contributed by atoms with van der Waals surface area (Å²) in [5, 5.41) is 14.0. The molecule has 10 heteroatoms. The Morgan fingerprint density at radius 1 is 1.30 bits per heavy atom. The number of cyclic esters (lactones) is 1. The number of H-pyrrole nitrogens is 2. The van der Waals surface area contributed by atoms with Gasteiger partial charge in [-0.25, -0.2) is 0 Å². The summed E-state index contributed by atoms with van der Waals surface area (Å²) in [6.07, 6.45) is 0.0881. The largest absolute Gasteiger partial charge is 0.449 e. The third-order valence-electron chi connectivity index (χ3n) is 3.82. The quantitative estimate of drug-likeness (QED) is 0.297. The van der Waals surface area contributed by atoms with Gasteiger partial charge in [0, 0.05) is 18.1 Å². The molecular weight excluding hydrogens is 308 g/mol. The number of rotatable bonds is 3. The molecule has 1 aromatic heterocycles. The fourth-order valence-electron chi connectivity index (χ4n) is 2.61. The van der Waals surface area contributed by atoms with Crippen molar-refractivity contribution >= 4 is 22.7 Å². The molecule has 0 spiro atoms. The minimum Gasteiger partial charge on any atom is -0.449 e. The van der Waals surface area contributed by atoms with Gasteiger partial charge in [0.1, 0.15) is 12.8 Å². The Balaban J connectivity index is 2.27. The van der Waals surface area contributed by atoms with Gasteiger partial charge in [-0.3, -0.25) is 29.8 Å². The van der Waals surface area contributed by atoms with Crippen molar-refractivity contribution in [2.45, 2.75) is 19.4 Å². The molecular formula is C13H12N4O6. The Morgan fingerprint density at radius 3 is 2.61 bits per heavy atom. The van der Waals surface area contributed by atoms with Crippen LogP contribution in [0.5, 0.6) is 0 Å². The molecule has 1 fully saturated rings. The molecule has 1 aliphatic rings. The summed E-state index contributed by atoms with van der Waals surface area (Å²) in [4.78, 5) is 50.0. The molecule has 0 saturated carbocycles. The van der Waals surface area contributed by atoms with E-state index < -0.39 is 28.1 Å². The number of ether oxygens (including phenoxy) is 1. The molecule has 3 N–H and O–H groups in total. The SMILES string of the molecule is Cc1c([N+](=O)[O-])cc2[nH]c(=O)c(=O)[nH]c2c1CC1NCOC1=O. The maximum atomic E-state index is 11.6. The second-order valence-corrected chi connectivity index (χ2v) is 5.16. The number of aromatic amines is 2. The number of carbonyl (C=O) groups excluding carboxylic acids is 1. The summed E-state index contributed by atoms with van der Waals surface area (Å²) >= 11 is 0. The molecule has 0 radical (unpaired) electrons. The van der Waals surface area contributed by atoms with Crippen molar-refractivity contribution in [3.63, 3.8) is 0 Å². The number of aromatic nitrogens is 2. The van der Waals surface area contributed by atoms with E-state index in [1.807, 2.05) is 0 Å². The molecule has 120 valence electrons. The van der Waals surface area contributed by atoms with Crippen LogP contribution in [0.4, 0.5) is 5.69 Å². The number of carbonyl (C=O) groups is 1. The second kappa shape index (κ2) is 5.32. The molecule has 1 atom stereocenters. The first kappa shape index (κ1) is 14.9. The number of hydrogen-bond donors (Lipinski definition) is 3. The average Bonchev–Trinajstić information content (AvgIpc) is 2.89. The van der Waals surface area contributed by atoms with E-state index in [-0.39, 0.29) is 29.9 Å². The summed E-state index contributed by atoms with van der Waals surface area (Å²) in [6.45, 7) is 1.58. The standard InChI is InChI=1S/C13H12N4O6/c1-5-6(2-8-13(20)23-4-14-8)10-7(3-9(5)17(21)22)15-11(18)12(19)16-10/h3,8,14H,2,4H2,1H3,(H,15,18)(H,16,19). The first-order valence-corrected chi connectivity index (χ1v) is 6.71. The van der Waals surface area contributed by atoms with Gasteiger partial charge in [0.2, 0.25) is 0 Å². The van der Waals surface area contributed by atoms with Crippen molar-refractivity contribution in [3.8, 4) is 0 Å². The molecule has 3 rings (SSSR count). The number of nitrogens with one attached hydrogen (secondary N) is 3. The van der Waals surface area contributed by atoms with Gasteiger partial charge in [-0.15, -0.1) is 0 Å². The van der Waals surface area contributed by atoms with Crippen LogP contribution in [-0.2, 0) is 16.0 Å². The molecule has 2 aromatic rings. The summed E-state index contributed by atoms with van der Waals surface area (Å²) in [5.74, 6) is -0.476. The third-order valence-corrected chi connectivity index (χ3v) is 3.82. The first-order chi connectivity index (χ1) is 10.9. The fraction of sp³-hybridized carbons (Fsp3) is 0.308. The van der Waals surface area contributed by atoms with Crippen molar-refractivity contribution in [3.05, 3.63) is 48.0 Å². The minimum absolute atomic E-state index is 0.0583. The van der Waals surface area contributed by atoms with Crippen molar-refractivity contribution in [2.75, 3.05) is 6.73 Å². The zero-order valence-electron chi connectivity index (χ0n) is 12.0. The summed E-state index contributed by atoms with van der Waals surface area (Å²) in [6, 6.07) is 0.515. The Kier molecular flexibility index (Phi) is 3.45. The summed E-state index contributed by atoms with van der Waals surface area (Å²) in [5.41, 5.74) is -0.867. The molecule has 2 heterocycles. The van der Waals surface area contributed by atoms with E-state index in [1.165, 1.54) is 13.0 Å². The van der Waals surface area contributed by atoms with Gasteiger partial charge in [0.25, 0.3) is 5.69 Å².